The predicted octanol–water partition coefficient (Wildman–Crippen LogP) is 4.32. The van der Waals surface area contributed by atoms with Gasteiger partial charge >= 0.3 is 11.7 Å². The Morgan fingerprint density at radius 1 is 0.919 bits per heavy atom. The lowest BCUT2D eigenvalue weighted by Crippen LogP contribution is -2.54. The molecule has 1 aliphatic heterocycles. The van der Waals surface area contributed by atoms with Crippen LogP contribution < -0.4 is 15.0 Å². The fourth-order valence-electron chi connectivity index (χ4n) is 3.34. The third kappa shape index (κ3) is 5.06. The number of non-ortho nitro benzene ring substituents is 1. The van der Waals surface area contributed by atoms with Crippen molar-refractivity contribution in [1.82, 2.24) is 5.32 Å². The molecule has 1 saturated heterocycles. The molecule has 1 heterocycles. The zero-order chi connectivity index (χ0) is 26.9. The molecule has 1 fully saturated rings. The zero-order valence-electron chi connectivity index (χ0n) is 18.3. The molecule has 0 radical (unpaired) electrons. The summed E-state index contributed by atoms with van der Waals surface area (Å²) in [6, 6.07) is 10.8. The van der Waals surface area contributed by atoms with E-state index in [1.807, 2.05) is 5.32 Å². The lowest BCUT2D eigenvalue weighted by molar-refractivity contribution is -0.394. The Labute approximate surface area is 211 Å². The molecular weight excluding hydrogens is 512 g/mol. The number of urea groups is 1. The van der Waals surface area contributed by atoms with Crippen molar-refractivity contribution in [3.05, 3.63) is 97.1 Å². The first-order chi connectivity index (χ1) is 17.5. The second-order valence-electron chi connectivity index (χ2n) is 7.42. The number of ether oxygens (including phenoxy) is 1. The molecule has 13 nitrogen and oxygen atoms in total. The van der Waals surface area contributed by atoms with Crippen molar-refractivity contribution in [3.63, 3.8) is 0 Å². The standard InChI is InChI=1S/C23H13ClN4O9/c24-13-1-7-19(37-20-8-4-15(27(33)34)11-18(20)28(35)36)12(9-13)10-17-21(30)25-23(32)26(22(17)31)14-2-5-16(29)6-3-14/h1-11,29H,(H,25,30,32)/b17-10+. The van der Waals surface area contributed by atoms with Gasteiger partial charge in [-0.15, -0.1) is 0 Å². The first-order valence-electron chi connectivity index (χ1n) is 10.2. The van der Waals surface area contributed by atoms with E-state index in [0.29, 0.717) is 4.90 Å². The molecule has 4 rings (SSSR count). The number of hydrogen-bond acceptors (Lipinski definition) is 9. The van der Waals surface area contributed by atoms with Crippen molar-refractivity contribution >= 4 is 52.6 Å². The molecule has 0 atom stereocenters. The molecule has 0 bridgehead atoms. The van der Waals surface area contributed by atoms with Crippen molar-refractivity contribution in [2.24, 2.45) is 0 Å². The summed E-state index contributed by atoms with van der Waals surface area (Å²) in [7, 11) is 0. The van der Waals surface area contributed by atoms with E-state index in [9.17, 15) is 39.7 Å². The number of nitrogens with zero attached hydrogens (tertiary/aromatic N) is 3. The van der Waals surface area contributed by atoms with E-state index in [2.05, 4.69) is 0 Å². The molecule has 0 saturated carbocycles. The number of phenolic OH excluding ortho intramolecular Hbond substituents is 1. The molecule has 14 heteroatoms. The largest absolute Gasteiger partial charge is 0.508 e. The van der Waals surface area contributed by atoms with Gasteiger partial charge in [-0.25, -0.2) is 9.69 Å². The zero-order valence-corrected chi connectivity index (χ0v) is 19.0. The number of nitrogens with one attached hydrogen (secondary N) is 1. The van der Waals surface area contributed by atoms with E-state index < -0.39 is 44.6 Å². The lowest BCUT2D eigenvalue weighted by atomic mass is 10.1. The minimum Gasteiger partial charge on any atom is -0.508 e. The molecular formula is C23H13ClN4O9. The third-order valence-electron chi connectivity index (χ3n) is 5.05. The Bertz CT molecular complexity index is 1520. The van der Waals surface area contributed by atoms with E-state index in [-0.39, 0.29) is 33.5 Å². The average Bonchev–Trinajstić information content (AvgIpc) is 2.84. The van der Waals surface area contributed by atoms with E-state index >= 15 is 0 Å². The van der Waals surface area contributed by atoms with E-state index in [0.717, 1.165) is 24.3 Å². The normalized spacial score (nSPS) is 14.5. The number of barbiturate groups is 1. The Balaban J connectivity index is 1.76. The number of benzene rings is 3. The average molecular weight is 525 g/mol. The molecule has 186 valence electrons. The maximum Gasteiger partial charge on any atom is 0.335 e. The molecule has 1 aliphatic rings. The van der Waals surface area contributed by atoms with Crippen LogP contribution in [0.2, 0.25) is 5.02 Å². The van der Waals surface area contributed by atoms with Crippen LogP contribution in [0.1, 0.15) is 5.56 Å². The topological polar surface area (TPSA) is 182 Å². The van der Waals surface area contributed by atoms with E-state index in [1.54, 1.807) is 0 Å². The summed E-state index contributed by atoms with van der Waals surface area (Å²) in [5.41, 5.74) is -1.60. The van der Waals surface area contributed by atoms with Gasteiger partial charge in [-0.05, 0) is 54.6 Å². The highest BCUT2D eigenvalue weighted by atomic mass is 35.5. The van der Waals surface area contributed by atoms with Crippen molar-refractivity contribution in [2.45, 2.75) is 0 Å². The van der Waals surface area contributed by atoms with Gasteiger partial charge in [-0.2, -0.15) is 0 Å². The van der Waals surface area contributed by atoms with Crippen molar-refractivity contribution in [1.29, 1.82) is 0 Å². The molecule has 0 spiro atoms. The van der Waals surface area contributed by atoms with Crippen LogP contribution in [-0.2, 0) is 9.59 Å². The number of nitro benzene ring substituents is 2. The van der Waals surface area contributed by atoms with Crippen LogP contribution in [0.15, 0.2) is 66.2 Å². The summed E-state index contributed by atoms with van der Waals surface area (Å²) in [5.74, 6) is -2.55. The number of carbonyl (C=O) groups excluding carboxylic acids is 3. The third-order valence-corrected chi connectivity index (χ3v) is 5.29. The molecule has 0 unspecified atom stereocenters. The number of hydrogen-bond donors (Lipinski definition) is 2. The minimum absolute atomic E-state index is 0.0404. The number of halogens is 1. The van der Waals surface area contributed by atoms with E-state index in [1.165, 1.54) is 42.5 Å². The van der Waals surface area contributed by atoms with E-state index in [4.69, 9.17) is 16.3 Å². The maximum atomic E-state index is 13.1. The highest BCUT2D eigenvalue weighted by Crippen LogP contribution is 2.37. The minimum atomic E-state index is -1.02. The van der Waals surface area contributed by atoms with Crippen LogP contribution in [0, 0.1) is 20.2 Å². The van der Waals surface area contributed by atoms with Crippen molar-refractivity contribution in [2.75, 3.05) is 4.90 Å². The number of carbonyl (C=O) groups is 3. The number of nitro groups is 2. The van der Waals surface area contributed by atoms with Gasteiger partial charge in [0.05, 0.1) is 21.6 Å². The van der Waals surface area contributed by atoms with Crippen LogP contribution >= 0.6 is 11.6 Å². The number of amides is 4. The number of anilines is 1. The summed E-state index contributed by atoms with van der Waals surface area (Å²) >= 11 is 6.07. The van der Waals surface area contributed by atoms with Crippen LogP contribution in [0.25, 0.3) is 6.08 Å². The fourth-order valence-corrected chi connectivity index (χ4v) is 3.52. The van der Waals surface area contributed by atoms with Gasteiger partial charge in [-0.1, -0.05) is 11.6 Å². The van der Waals surface area contributed by atoms with Gasteiger partial charge < -0.3 is 9.84 Å². The Hall–Kier alpha value is -5.30. The second kappa shape index (κ2) is 9.75. The Morgan fingerprint density at radius 2 is 1.59 bits per heavy atom. The number of aromatic hydroxyl groups is 1. The maximum absolute atomic E-state index is 13.1. The summed E-state index contributed by atoms with van der Waals surface area (Å²) in [6.45, 7) is 0. The molecule has 4 amide bonds. The smallest absolute Gasteiger partial charge is 0.335 e. The molecule has 0 aliphatic carbocycles. The van der Waals surface area contributed by atoms with Crippen LogP contribution in [-0.4, -0.2) is 32.8 Å². The van der Waals surface area contributed by atoms with Gasteiger partial charge in [-0.3, -0.25) is 35.1 Å². The highest BCUT2D eigenvalue weighted by Gasteiger charge is 2.37. The molecule has 0 aromatic heterocycles. The van der Waals surface area contributed by atoms with Gasteiger partial charge in [0.25, 0.3) is 17.5 Å². The van der Waals surface area contributed by atoms with Gasteiger partial charge in [0.15, 0.2) is 0 Å². The number of phenols is 1. The monoisotopic (exact) mass is 524 g/mol. The van der Waals surface area contributed by atoms with Crippen LogP contribution in [0.3, 0.4) is 0 Å². The quantitative estimate of drug-likeness (QED) is 0.205. The first kappa shape index (κ1) is 24.8. The Kier molecular flexibility index (Phi) is 6.54. The predicted molar refractivity (Wildman–Crippen MR) is 128 cm³/mol. The molecule has 37 heavy (non-hydrogen) atoms. The summed E-state index contributed by atoms with van der Waals surface area (Å²) in [5, 5.41) is 34.1. The highest BCUT2D eigenvalue weighted by molar-refractivity contribution is 6.39. The number of imide groups is 2. The van der Waals surface area contributed by atoms with Crippen molar-refractivity contribution in [3.8, 4) is 17.2 Å². The molecule has 3 aromatic rings. The molecule has 3 aromatic carbocycles. The van der Waals surface area contributed by atoms with Gasteiger partial charge in [0.1, 0.15) is 17.1 Å². The van der Waals surface area contributed by atoms with Crippen LogP contribution in [0.4, 0.5) is 21.9 Å². The summed E-state index contributed by atoms with van der Waals surface area (Å²) in [6.07, 6.45) is 1.08. The number of rotatable bonds is 6. The van der Waals surface area contributed by atoms with Crippen LogP contribution in [0.5, 0.6) is 17.2 Å². The molecule has 2 N–H and O–H groups in total. The van der Waals surface area contributed by atoms with Gasteiger partial charge in [0, 0.05) is 16.7 Å². The second-order valence-corrected chi connectivity index (χ2v) is 7.86. The Morgan fingerprint density at radius 3 is 2.24 bits per heavy atom. The SMILES string of the molecule is O=C1NC(=O)N(c2ccc(O)cc2)C(=O)/C1=C/c1cc(Cl)ccc1Oc1ccc([N+](=O)[O-])cc1[N+](=O)[O-]. The summed E-state index contributed by atoms with van der Waals surface area (Å²) < 4.78 is 5.63. The van der Waals surface area contributed by atoms with Crippen molar-refractivity contribution < 1.29 is 34.1 Å². The fraction of sp³-hybridized carbons (Fsp3) is 0. The van der Waals surface area contributed by atoms with Gasteiger partial charge in [0.2, 0.25) is 5.75 Å². The lowest BCUT2D eigenvalue weighted by Gasteiger charge is -2.26. The first-order valence-corrected chi connectivity index (χ1v) is 10.5. The summed E-state index contributed by atoms with van der Waals surface area (Å²) in [4.78, 5) is 59.5.